The minimum Gasteiger partial charge on any atom is -0.506 e. The van der Waals surface area contributed by atoms with Crippen molar-refractivity contribution in [2.45, 2.75) is 26.7 Å². The second-order valence-electron chi connectivity index (χ2n) is 6.27. The van der Waals surface area contributed by atoms with E-state index in [2.05, 4.69) is 24.9 Å². The standard InChI is InChI=1S/C19H18ClNOS2/c1-11(2)7-14(23)9-12-8-13(10-15(20)18(12)22)19-21-16-5-3-4-6-17(16)24-19/h3-6,8,10-11,22H,7,9H2,1-2H3. The molecule has 0 saturated heterocycles. The fourth-order valence-corrected chi connectivity index (χ4v) is 4.33. The van der Waals surface area contributed by atoms with Gasteiger partial charge in [0.05, 0.1) is 15.2 Å². The van der Waals surface area contributed by atoms with Crippen LogP contribution in [-0.2, 0) is 6.42 Å². The summed E-state index contributed by atoms with van der Waals surface area (Å²) in [6, 6.07) is 11.7. The third-order valence-electron chi connectivity index (χ3n) is 3.71. The first-order valence-electron chi connectivity index (χ1n) is 7.83. The number of benzene rings is 2. The number of thiocarbonyl (C=S) groups is 1. The molecule has 0 amide bonds. The van der Waals surface area contributed by atoms with Crippen LogP contribution in [0.25, 0.3) is 20.8 Å². The van der Waals surface area contributed by atoms with Gasteiger partial charge in [0.1, 0.15) is 10.8 Å². The van der Waals surface area contributed by atoms with E-state index in [9.17, 15) is 5.11 Å². The fourth-order valence-electron chi connectivity index (χ4n) is 2.65. The van der Waals surface area contributed by atoms with Crippen LogP contribution >= 0.6 is 35.2 Å². The van der Waals surface area contributed by atoms with Crippen LogP contribution in [0.2, 0.25) is 5.02 Å². The molecule has 1 N–H and O–H groups in total. The molecule has 1 heterocycles. The predicted molar refractivity (Wildman–Crippen MR) is 107 cm³/mol. The highest BCUT2D eigenvalue weighted by Crippen LogP contribution is 2.37. The first-order valence-corrected chi connectivity index (χ1v) is 9.43. The van der Waals surface area contributed by atoms with Crippen LogP contribution < -0.4 is 0 Å². The molecule has 0 bridgehead atoms. The average Bonchev–Trinajstić information content (AvgIpc) is 2.94. The molecule has 3 rings (SSSR count). The van der Waals surface area contributed by atoms with E-state index in [0.717, 1.165) is 37.6 Å². The van der Waals surface area contributed by atoms with Gasteiger partial charge >= 0.3 is 0 Å². The lowest BCUT2D eigenvalue weighted by atomic mass is 10.00. The maximum Gasteiger partial charge on any atom is 0.137 e. The molecule has 0 saturated carbocycles. The Hall–Kier alpha value is -1.49. The summed E-state index contributed by atoms with van der Waals surface area (Å²) < 4.78 is 1.13. The molecule has 0 spiro atoms. The van der Waals surface area contributed by atoms with Crippen molar-refractivity contribution in [3.63, 3.8) is 0 Å². The lowest BCUT2D eigenvalue weighted by molar-refractivity contribution is 0.470. The number of phenolic OH excluding ortho intramolecular Hbond substituents is 1. The third kappa shape index (κ3) is 3.77. The lowest BCUT2D eigenvalue weighted by Crippen LogP contribution is -2.04. The van der Waals surface area contributed by atoms with E-state index in [-0.39, 0.29) is 5.75 Å². The van der Waals surface area contributed by atoms with Crippen molar-refractivity contribution in [2.75, 3.05) is 0 Å². The normalized spacial score (nSPS) is 11.3. The second kappa shape index (κ2) is 7.18. The number of aromatic nitrogens is 1. The molecule has 0 aliphatic heterocycles. The Morgan fingerprint density at radius 3 is 2.75 bits per heavy atom. The first kappa shape index (κ1) is 17.3. The maximum atomic E-state index is 10.3. The van der Waals surface area contributed by atoms with Gasteiger partial charge in [-0.15, -0.1) is 11.3 Å². The Morgan fingerprint density at radius 2 is 2.04 bits per heavy atom. The van der Waals surface area contributed by atoms with Gasteiger partial charge in [-0.05, 0) is 41.5 Å². The van der Waals surface area contributed by atoms with Crippen LogP contribution in [0.3, 0.4) is 0 Å². The number of halogens is 1. The van der Waals surface area contributed by atoms with E-state index in [1.807, 2.05) is 24.3 Å². The molecule has 24 heavy (non-hydrogen) atoms. The molecule has 124 valence electrons. The zero-order chi connectivity index (χ0) is 17.3. The smallest absolute Gasteiger partial charge is 0.137 e. The number of rotatable bonds is 5. The minimum absolute atomic E-state index is 0.118. The van der Waals surface area contributed by atoms with Crippen LogP contribution in [0.15, 0.2) is 36.4 Å². The maximum absolute atomic E-state index is 10.3. The topological polar surface area (TPSA) is 33.1 Å². The highest BCUT2D eigenvalue weighted by atomic mass is 35.5. The average molecular weight is 376 g/mol. The van der Waals surface area contributed by atoms with Crippen molar-refractivity contribution >= 4 is 50.2 Å². The SMILES string of the molecule is CC(C)CC(=S)Cc1cc(-c2nc3ccccc3s2)cc(Cl)c1O. The van der Waals surface area contributed by atoms with Gasteiger partial charge in [0.15, 0.2) is 0 Å². The highest BCUT2D eigenvalue weighted by molar-refractivity contribution is 7.80. The van der Waals surface area contributed by atoms with Crippen molar-refractivity contribution in [3.05, 3.63) is 47.0 Å². The van der Waals surface area contributed by atoms with Gasteiger partial charge < -0.3 is 5.11 Å². The van der Waals surface area contributed by atoms with Crippen molar-refractivity contribution < 1.29 is 5.11 Å². The number of aromatic hydroxyl groups is 1. The molecule has 0 radical (unpaired) electrons. The molecule has 1 aromatic heterocycles. The number of thiazole rings is 1. The molecule has 0 aliphatic rings. The molecular formula is C19H18ClNOS2. The summed E-state index contributed by atoms with van der Waals surface area (Å²) in [6.45, 7) is 4.27. The summed E-state index contributed by atoms with van der Waals surface area (Å²) in [6.07, 6.45) is 1.41. The Labute approximate surface area is 156 Å². The molecule has 0 atom stereocenters. The third-order valence-corrected chi connectivity index (χ3v) is 5.39. The van der Waals surface area contributed by atoms with Crippen LogP contribution in [0.4, 0.5) is 0 Å². The Kier molecular flexibility index (Phi) is 5.18. The summed E-state index contributed by atoms with van der Waals surface area (Å²) in [5.41, 5.74) is 2.65. The van der Waals surface area contributed by atoms with E-state index in [0.29, 0.717) is 17.4 Å². The zero-order valence-corrected chi connectivity index (χ0v) is 15.9. The van der Waals surface area contributed by atoms with Gasteiger partial charge in [-0.25, -0.2) is 4.98 Å². The summed E-state index contributed by atoms with van der Waals surface area (Å²) in [5, 5.41) is 11.5. The summed E-state index contributed by atoms with van der Waals surface area (Å²) in [5.74, 6) is 0.621. The van der Waals surface area contributed by atoms with E-state index in [1.54, 1.807) is 17.4 Å². The quantitative estimate of drug-likeness (QED) is 0.532. The number of hydrogen-bond acceptors (Lipinski definition) is 4. The number of phenols is 1. The van der Waals surface area contributed by atoms with Gasteiger partial charge in [-0.1, -0.05) is 49.8 Å². The predicted octanol–water partition coefficient (Wildman–Crippen LogP) is 6.28. The van der Waals surface area contributed by atoms with Crippen molar-refractivity contribution in [3.8, 4) is 16.3 Å². The van der Waals surface area contributed by atoms with E-state index >= 15 is 0 Å². The summed E-state index contributed by atoms with van der Waals surface area (Å²) in [4.78, 5) is 5.60. The minimum atomic E-state index is 0.118. The monoisotopic (exact) mass is 375 g/mol. The van der Waals surface area contributed by atoms with Crippen molar-refractivity contribution in [1.29, 1.82) is 0 Å². The Bertz CT molecular complexity index is 869. The molecule has 2 nitrogen and oxygen atoms in total. The zero-order valence-electron chi connectivity index (χ0n) is 13.5. The van der Waals surface area contributed by atoms with Crippen LogP contribution in [-0.4, -0.2) is 15.0 Å². The largest absolute Gasteiger partial charge is 0.506 e. The highest BCUT2D eigenvalue weighted by Gasteiger charge is 2.14. The Balaban J connectivity index is 1.98. The van der Waals surface area contributed by atoms with Crippen LogP contribution in [0.5, 0.6) is 5.75 Å². The number of para-hydroxylation sites is 1. The van der Waals surface area contributed by atoms with E-state index in [1.165, 1.54) is 0 Å². The van der Waals surface area contributed by atoms with Gasteiger partial charge in [-0.2, -0.15) is 0 Å². The lowest BCUT2D eigenvalue weighted by Gasteiger charge is -2.11. The Morgan fingerprint density at radius 1 is 1.29 bits per heavy atom. The molecule has 0 aliphatic carbocycles. The number of nitrogens with zero attached hydrogens (tertiary/aromatic N) is 1. The van der Waals surface area contributed by atoms with Gasteiger partial charge in [-0.3, -0.25) is 0 Å². The molecule has 5 heteroatoms. The molecular weight excluding hydrogens is 358 g/mol. The molecule has 0 fully saturated rings. The molecule has 3 aromatic rings. The fraction of sp³-hybridized carbons (Fsp3) is 0.263. The first-order chi connectivity index (χ1) is 11.4. The van der Waals surface area contributed by atoms with E-state index in [4.69, 9.17) is 23.8 Å². The van der Waals surface area contributed by atoms with Crippen LogP contribution in [0, 0.1) is 5.92 Å². The van der Waals surface area contributed by atoms with Crippen molar-refractivity contribution in [2.24, 2.45) is 5.92 Å². The van der Waals surface area contributed by atoms with Gasteiger partial charge in [0, 0.05) is 17.5 Å². The van der Waals surface area contributed by atoms with Crippen molar-refractivity contribution in [1.82, 2.24) is 4.98 Å². The van der Waals surface area contributed by atoms with E-state index < -0.39 is 0 Å². The number of fused-ring (bicyclic) bond motifs is 1. The second-order valence-corrected chi connectivity index (χ2v) is 8.28. The number of hydrogen-bond donors (Lipinski definition) is 1. The molecule has 0 unspecified atom stereocenters. The summed E-state index contributed by atoms with van der Waals surface area (Å²) >= 11 is 13.3. The van der Waals surface area contributed by atoms with Crippen LogP contribution in [0.1, 0.15) is 25.8 Å². The van der Waals surface area contributed by atoms with Gasteiger partial charge in [0.25, 0.3) is 0 Å². The molecule has 2 aromatic carbocycles. The summed E-state index contributed by atoms with van der Waals surface area (Å²) in [7, 11) is 0. The van der Waals surface area contributed by atoms with Gasteiger partial charge in [0.2, 0.25) is 0 Å².